The summed E-state index contributed by atoms with van der Waals surface area (Å²) in [5.41, 5.74) is -0.455. The lowest BCUT2D eigenvalue weighted by Gasteiger charge is -2.19. The van der Waals surface area contributed by atoms with Crippen molar-refractivity contribution in [1.29, 1.82) is 0 Å². The molecule has 1 atom stereocenters. The van der Waals surface area contributed by atoms with Gasteiger partial charge in [-0.1, -0.05) is 0 Å². The number of rotatable bonds is 1. The zero-order valence-electron chi connectivity index (χ0n) is 7.36. The summed E-state index contributed by atoms with van der Waals surface area (Å²) < 4.78 is 4.22. The van der Waals surface area contributed by atoms with E-state index in [0.717, 1.165) is 0 Å². The van der Waals surface area contributed by atoms with Gasteiger partial charge in [-0.25, -0.2) is 0 Å². The molecule has 0 saturated heterocycles. The molecule has 12 heavy (non-hydrogen) atoms. The van der Waals surface area contributed by atoms with E-state index in [4.69, 9.17) is 27.9 Å². The Labute approximate surface area is 82.2 Å². The van der Waals surface area contributed by atoms with Crippen LogP contribution >= 0.6 is 23.2 Å². The highest BCUT2D eigenvalue weighted by molar-refractivity contribution is 6.52. The summed E-state index contributed by atoms with van der Waals surface area (Å²) in [6.07, 6.45) is 0.505. The van der Waals surface area contributed by atoms with Crippen LogP contribution < -0.4 is 0 Å². The Bertz CT molecular complexity index is 206. The lowest BCUT2D eigenvalue weighted by Crippen LogP contribution is -2.25. The molecule has 70 valence electrons. The Morgan fingerprint density at radius 3 is 2.17 bits per heavy atom. The predicted molar refractivity (Wildman–Crippen MR) is 48.4 cm³/mol. The third kappa shape index (κ3) is 2.53. The molecule has 1 saturated carbocycles. The zero-order valence-corrected chi connectivity index (χ0v) is 8.87. The highest BCUT2D eigenvalue weighted by atomic mass is 35.5. The van der Waals surface area contributed by atoms with Crippen molar-refractivity contribution in [3.05, 3.63) is 0 Å². The average molecular weight is 211 g/mol. The topological polar surface area (TPSA) is 26.3 Å². The van der Waals surface area contributed by atoms with Crippen molar-refractivity contribution in [3.8, 4) is 0 Å². The van der Waals surface area contributed by atoms with Crippen LogP contribution in [0.3, 0.4) is 0 Å². The van der Waals surface area contributed by atoms with Crippen molar-refractivity contribution >= 4 is 29.2 Å². The highest BCUT2D eigenvalue weighted by Crippen LogP contribution is 2.53. The summed E-state index contributed by atoms with van der Waals surface area (Å²) in [7, 11) is 0. The number of alkyl halides is 2. The molecule has 0 aliphatic heterocycles. The predicted octanol–water partition coefficient (Wildman–Crippen LogP) is 2.52. The van der Waals surface area contributed by atoms with E-state index in [9.17, 15) is 4.79 Å². The second-order valence-electron chi connectivity index (χ2n) is 4.05. The number of carbonyl (C=O) groups excluding carboxylic acids is 1. The second kappa shape index (κ2) is 2.78. The summed E-state index contributed by atoms with van der Waals surface area (Å²) >= 11 is 11.4. The number of ether oxygens (including phenoxy) is 1. The van der Waals surface area contributed by atoms with Crippen LogP contribution in [0.2, 0.25) is 0 Å². The molecule has 0 N–H and O–H groups in total. The molecule has 4 heteroatoms. The number of hydrogen-bond donors (Lipinski definition) is 0. The van der Waals surface area contributed by atoms with Gasteiger partial charge in [-0.15, -0.1) is 23.2 Å². The van der Waals surface area contributed by atoms with Gasteiger partial charge in [-0.05, 0) is 27.2 Å². The Morgan fingerprint density at radius 1 is 1.50 bits per heavy atom. The number of halogens is 2. The largest absolute Gasteiger partial charge is 0.460 e. The van der Waals surface area contributed by atoms with Crippen LogP contribution in [0.15, 0.2) is 0 Å². The number of hydrogen-bond acceptors (Lipinski definition) is 2. The van der Waals surface area contributed by atoms with Crippen molar-refractivity contribution < 1.29 is 9.53 Å². The SMILES string of the molecule is CC(C)(C)OC(=O)C1CC1(Cl)Cl. The maximum atomic E-state index is 11.2. The van der Waals surface area contributed by atoms with Crippen LogP contribution in [0, 0.1) is 5.92 Å². The zero-order chi connectivity index (χ0) is 9.57. The number of esters is 1. The van der Waals surface area contributed by atoms with Gasteiger partial charge in [0.2, 0.25) is 0 Å². The molecule has 1 aliphatic rings. The smallest absolute Gasteiger partial charge is 0.312 e. The van der Waals surface area contributed by atoms with E-state index in [1.165, 1.54) is 0 Å². The highest BCUT2D eigenvalue weighted by Gasteiger charge is 2.58. The van der Waals surface area contributed by atoms with Gasteiger partial charge >= 0.3 is 5.97 Å². The fourth-order valence-electron chi connectivity index (χ4n) is 0.842. The Balaban J connectivity index is 2.42. The normalized spacial score (nSPS) is 26.6. The third-order valence-electron chi connectivity index (χ3n) is 1.52. The molecular formula is C8H12Cl2O2. The fraction of sp³-hybridized carbons (Fsp3) is 0.875. The minimum absolute atomic E-state index is 0.299. The fourth-order valence-corrected chi connectivity index (χ4v) is 1.33. The van der Waals surface area contributed by atoms with Crippen molar-refractivity contribution in [2.45, 2.75) is 37.1 Å². The Hall–Kier alpha value is 0.0500. The molecule has 0 radical (unpaired) electrons. The van der Waals surface area contributed by atoms with Gasteiger partial charge in [0.05, 0.1) is 5.92 Å². The van der Waals surface area contributed by atoms with Crippen LogP contribution in [-0.2, 0) is 9.53 Å². The second-order valence-corrected chi connectivity index (χ2v) is 5.59. The van der Waals surface area contributed by atoms with E-state index in [-0.39, 0.29) is 11.9 Å². The molecule has 0 spiro atoms. The van der Waals surface area contributed by atoms with E-state index in [1.54, 1.807) is 0 Å². The summed E-state index contributed by atoms with van der Waals surface area (Å²) in [5, 5.41) is 0. The first-order chi connectivity index (χ1) is 5.22. The quantitative estimate of drug-likeness (QED) is 0.492. The molecule has 0 aromatic carbocycles. The Kier molecular flexibility index (Phi) is 2.34. The maximum Gasteiger partial charge on any atom is 0.312 e. The summed E-state index contributed by atoms with van der Waals surface area (Å²) in [4.78, 5) is 11.2. The molecule has 1 fully saturated rings. The first-order valence-corrected chi connectivity index (χ1v) is 4.59. The van der Waals surface area contributed by atoms with E-state index in [0.29, 0.717) is 6.42 Å². The molecular weight excluding hydrogens is 199 g/mol. The first kappa shape index (κ1) is 10.1. The van der Waals surface area contributed by atoms with Crippen molar-refractivity contribution in [1.82, 2.24) is 0 Å². The molecule has 1 rings (SSSR count). The average Bonchev–Trinajstić information content (AvgIpc) is 2.35. The third-order valence-corrected chi connectivity index (χ3v) is 2.35. The summed E-state index contributed by atoms with van der Waals surface area (Å²) in [6.45, 7) is 5.45. The van der Waals surface area contributed by atoms with Crippen LogP contribution in [0.5, 0.6) is 0 Å². The molecule has 1 aliphatic carbocycles. The molecule has 1 unspecified atom stereocenters. The van der Waals surface area contributed by atoms with E-state index < -0.39 is 9.93 Å². The molecule has 0 amide bonds. The van der Waals surface area contributed by atoms with Crippen LogP contribution in [0.4, 0.5) is 0 Å². The van der Waals surface area contributed by atoms with E-state index in [2.05, 4.69) is 0 Å². The minimum atomic E-state index is -0.873. The van der Waals surface area contributed by atoms with E-state index >= 15 is 0 Å². The van der Waals surface area contributed by atoms with E-state index in [1.807, 2.05) is 20.8 Å². The van der Waals surface area contributed by atoms with Gasteiger partial charge < -0.3 is 4.74 Å². The molecule has 0 aromatic rings. The first-order valence-electron chi connectivity index (χ1n) is 3.83. The van der Waals surface area contributed by atoms with Gasteiger partial charge in [-0.3, -0.25) is 4.79 Å². The standard InChI is InChI=1S/C8H12Cl2O2/c1-7(2,3)12-6(11)5-4-8(5,9)10/h5H,4H2,1-3H3. The molecule has 0 aromatic heterocycles. The number of carbonyl (C=O) groups is 1. The lowest BCUT2D eigenvalue weighted by atomic mass is 10.2. The lowest BCUT2D eigenvalue weighted by molar-refractivity contribution is -0.156. The van der Waals surface area contributed by atoms with Crippen LogP contribution in [-0.4, -0.2) is 15.9 Å². The minimum Gasteiger partial charge on any atom is -0.460 e. The van der Waals surface area contributed by atoms with Gasteiger partial charge in [0.25, 0.3) is 0 Å². The van der Waals surface area contributed by atoms with Gasteiger partial charge in [0.1, 0.15) is 9.93 Å². The van der Waals surface area contributed by atoms with Crippen LogP contribution in [0.1, 0.15) is 27.2 Å². The van der Waals surface area contributed by atoms with Crippen LogP contribution in [0.25, 0.3) is 0 Å². The maximum absolute atomic E-state index is 11.2. The molecule has 0 heterocycles. The summed E-state index contributed by atoms with van der Waals surface area (Å²) in [6, 6.07) is 0. The van der Waals surface area contributed by atoms with Crippen molar-refractivity contribution in [2.75, 3.05) is 0 Å². The van der Waals surface area contributed by atoms with Crippen molar-refractivity contribution in [3.63, 3.8) is 0 Å². The van der Waals surface area contributed by atoms with Gasteiger partial charge in [-0.2, -0.15) is 0 Å². The van der Waals surface area contributed by atoms with Gasteiger partial charge in [0.15, 0.2) is 0 Å². The van der Waals surface area contributed by atoms with Crippen molar-refractivity contribution in [2.24, 2.45) is 5.92 Å². The Morgan fingerprint density at radius 2 is 1.92 bits per heavy atom. The summed E-state index contributed by atoms with van der Waals surface area (Å²) in [5.74, 6) is -0.632. The molecule has 2 nitrogen and oxygen atoms in total. The molecule has 0 bridgehead atoms. The van der Waals surface area contributed by atoms with Gasteiger partial charge in [0, 0.05) is 0 Å². The monoisotopic (exact) mass is 210 g/mol.